The van der Waals surface area contributed by atoms with Gasteiger partial charge in [-0.2, -0.15) is 0 Å². The Morgan fingerprint density at radius 3 is 1.50 bits per heavy atom. The number of carbonyl (C=O) groups excluding carboxylic acids is 4. The lowest BCUT2D eigenvalue weighted by atomic mass is 10.2. The first-order valence-electron chi connectivity index (χ1n) is 9.56. The van der Waals surface area contributed by atoms with E-state index in [1.165, 1.54) is 12.1 Å². The Labute approximate surface area is 181 Å². The van der Waals surface area contributed by atoms with E-state index >= 15 is 0 Å². The average Bonchev–Trinajstić information content (AvgIpc) is 3.42. The lowest BCUT2D eigenvalue weighted by Gasteiger charge is -2.17. The van der Waals surface area contributed by atoms with Gasteiger partial charge in [0.1, 0.15) is 23.0 Å². The SMILES string of the molecule is CC[C@@H]1COC(=O)c2ccc(s2)C(=O)OC[C@@H](CC)NC(=O)c2ccc(s2)C(=O)N1. The second kappa shape index (κ2) is 9.86. The summed E-state index contributed by atoms with van der Waals surface area (Å²) in [4.78, 5) is 50.9. The summed E-state index contributed by atoms with van der Waals surface area (Å²) in [5.74, 6) is -1.79. The normalized spacial score (nSPS) is 21.0. The monoisotopic (exact) mass is 450 g/mol. The fraction of sp³-hybridized carbons (Fsp3) is 0.400. The van der Waals surface area contributed by atoms with E-state index in [0.29, 0.717) is 22.6 Å². The van der Waals surface area contributed by atoms with Crippen molar-refractivity contribution in [2.45, 2.75) is 38.8 Å². The van der Waals surface area contributed by atoms with Gasteiger partial charge in [0.15, 0.2) is 0 Å². The highest BCUT2D eigenvalue weighted by molar-refractivity contribution is 7.16. The van der Waals surface area contributed by atoms with Crippen LogP contribution < -0.4 is 10.6 Å². The molecule has 3 rings (SSSR count). The van der Waals surface area contributed by atoms with E-state index in [1.807, 2.05) is 13.8 Å². The van der Waals surface area contributed by atoms with Crippen molar-refractivity contribution in [1.82, 2.24) is 10.6 Å². The van der Waals surface area contributed by atoms with Crippen LogP contribution in [0.2, 0.25) is 0 Å². The van der Waals surface area contributed by atoms with Gasteiger partial charge in [-0.15, -0.1) is 22.7 Å². The zero-order valence-electron chi connectivity index (χ0n) is 16.6. The molecule has 0 saturated heterocycles. The smallest absolute Gasteiger partial charge is 0.348 e. The van der Waals surface area contributed by atoms with Gasteiger partial charge < -0.3 is 20.1 Å². The molecular formula is C20H22N2O6S2. The van der Waals surface area contributed by atoms with Crippen molar-refractivity contribution in [1.29, 1.82) is 0 Å². The maximum Gasteiger partial charge on any atom is 0.348 e. The molecule has 0 aliphatic carbocycles. The number of carbonyl (C=O) groups is 4. The van der Waals surface area contributed by atoms with E-state index < -0.39 is 11.9 Å². The third-order valence-corrected chi connectivity index (χ3v) is 6.68. The Balaban J connectivity index is 1.84. The molecule has 0 spiro atoms. The summed E-state index contributed by atoms with van der Waals surface area (Å²) in [6.45, 7) is 3.72. The van der Waals surface area contributed by atoms with Crippen LogP contribution in [0.4, 0.5) is 0 Å². The molecule has 1 aliphatic rings. The van der Waals surface area contributed by atoms with Crippen molar-refractivity contribution < 1.29 is 28.7 Å². The molecule has 0 fully saturated rings. The van der Waals surface area contributed by atoms with Crippen LogP contribution in [0.3, 0.4) is 0 Å². The Morgan fingerprint density at radius 2 is 1.10 bits per heavy atom. The highest BCUT2D eigenvalue weighted by atomic mass is 32.1. The Kier molecular flexibility index (Phi) is 7.22. The Bertz CT molecular complexity index is 880. The van der Waals surface area contributed by atoms with Crippen LogP contribution in [-0.2, 0) is 9.47 Å². The van der Waals surface area contributed by atoms with E-state index in [2.05, 4.69) is 10.6 Å². The first-order valence-corrected chi connectivity index (χ1v) is 11.2. The molecule has 0 aromatic carbocycles. The lowest BCUT2D eigenvalue weighted by Crippen LogP contribution is -2.38. The second-order valence-electron chi connectivity index (χ2n) is 6.68. The highest BCUT2D eigenvalue weighted by Gasteiger charge is 2.22. The van der Waals surface area contributed by atoms with Crippen LogP contribution in [0.5, 0.6) is 0 Å². The average molecular weight is 451 g/mol. The van der Waals surface area contributed by atoms with Crippen LogP contribution >= 0.6 is 22.7 Å². The number of amides is 2. The topological polar surface area (TPSA) is 111 Å². The molecule has 2 amide bonds. The van der Waals surface area contributed by atoms with Gasteiger partial charge in [-0.3, -0.25) is 9.59 Å². The van der Waals surface area contributed by atoms with Crippen LogP contribution in [0.1, 0.15) is 65.4 Å². The number of hydrogen-bond donors (Lipinski definition) is 2. The largest absolute Gasteiger partial charge is 0.459 e. The number of thiophene rings is 2. The van der Waals surface area contributed by atoms with Gasteiger partial charge in [-0.25, -0.2) is 9.59 Å². The summed E-state index contributed by atoms with van der Waals surface area (Å²) in [7, 11) is 0. The van der Waals surface area contributed by atoms with Gasteiger partial charge in [0, 0.05) is 0 Å². The van der Waals surface area contributed by atoms with E-state index in [9.17, 15) is 19.2 Å². The standard InChI is InChI=1S/C20H22N2O6S2/c1-3-11-9-27-19(25)15-7-8-16(30-15)20(26)28-10-12(4-2)22-18(24)14-6-5-13(29-14)17(23)21-11/h5-8,11-12H,3-4,9-10H2,1-2H3,(H,21,23)(H,22,24)/t11-,12-/m1/s1. The molecule has 8 nitrogen and oxygen atoms in total. The number of ether oxygens (including phenoxy) is 2. The zero-order valence-corrected chi connectivity index (χ0v) is 18.2. The molecule has 30 heavy (non-hydrogen) atoms. The van der Waals surface area contributed by atoms with Crippen molar-refractivity contribution in [2.75, 3.05) is 13.2 Å². The number of esters is 2. The van der Waals surface area contributed by atoms with Gasteiger partial charge in [0.05, 0.1) is 21.8 Å². The van der Waals surface area contributed by atoms with E-state index in [1.54, 1.807) is 12.1 Å². The molecule has 0 unspecified atom stereocenters. The Morgan fingerprint density at radius 1 is 0.733 bits per heavy atom. The van der Waals surface area contributed by atoms with E-state index in [-0.39, 0.29) is 46.9 Å². The van der Waals surface area contributed by atoms with Gasteiger partial charge in [0.2, 0.25) is 0 Å². The third-order valence-electron chi connectivity index (χ3n) is 4.55. The minimum absolute atomic E-state index is 0.00431. The Hall–Kier alpha value is -2.72. The summed E-state index contributed by atoms with van der Waals surface area (Å²) in [5, 5.41) is 5.64. The summed E-state index contributed by atoms with van der Waals surface area (Å²) < 4.78 is 10.6. The predicted octanol–water partition coefficient (Wildman–Crippen LogP) is 2.85. The first-order chi connectivity index (χ1) is 14.4. The van der Waals surface area contributed by atoms with Crippen LogP contribution in [0.25, 0.3) is 0 Å². The van der Waals surface area contributed by atoms with Crippen LogP contribution in [-0.4, -0.2) is 49.1 Å². The van der Waals surface area contributed by atoms with Crippen LogP contribution in [0, 0.1) is 0 Å². The van der Waals surface area contributed by atoms with Crippen molar-refractivity contribution in [3.63, 3.8) is 0 Å². The molecule has 1 aliphatic heterocycles. The number of hydrogen-bond acceptors (Lipinski definition) is 8. The molecule has 2 aromatic rings. The summed E-state index contributed by atoms with van der Waals surface area (Å²) in [6.07, 6.45) is 1.11. The molecule has 2 aromatic heterocycles. The summed E-state index contributed by atoms with van der Waals surface area (Å²) >= 11 is 2.04. The van der Waals surface area contributed by atoms with E-state index in [0.717, 1.165) is 22.7 Å². The zero-order chi connectivity index (χ0) is 21.7. The summed E-state index contributed by atoms with van der Waals surface area (Å²) in [6, 6.07) is 5.40. The number of cyclic esters (lactones) is 2. The van der Waals surface area contributed by atoms with Crippen molar-refractivity contribution in [3.05, 3.63) is 43.8 Å². The van der Waals surface area contributed by atoms with Gasteiger partial charge in [-0.1, -0.05) is 13.8 Å². The summed E-state index contributed by atoms with van der Waals surface area (Å²) in [5.41, 5.74) is 0. The van der Waals surface area contributed by atoms with Crippen molar-refractivity contribution in [3.8, 4) is 0 Å². The molecule has 0 radical (unpaired) electrons. The molecule has 4 bridgehead atoms. The van der Waals surface area contributed by atoms with Crippen molar-refractivity contribution >= 4 is 46.4 Å². The molecular weight excluding hydrogens is 428 g/mol. The van der Waals surface area contributed by atoms with Gasteiger partial charge in [-0.05, 0) is 37.1 Å². The molecule has 160 valence electrons. The maximum atomic E-state index is 12.5. The molecule has 0 saturated carbocycles. The van der Waals surface area contributed by atoms with Gasteiger partial charge in [0.25, 0.3) is 11.8 Å². The molecule has 2 atom stereocenters. The maximum absolute atomic E-state index is 12.5. The van der Waals surface area contributed by atoms with Crippen molar-refractivity contribution in [2.24, 2.45) is 0 Å². The fourth-order valence-electron chi connectivity index (χ4n) is 2.67. The second-order valence-corrected chi connectivity index (χ2v) is 8.85. The quantitative estimate of drug-likeness (QED) is 0.681. The minimum atomic E-state index is -0.565. The molecule has 10 heteroatoms. The molecule has 2 N–H and O–H groups in total. The first kappa shape index (κ1) is 22.0. The predicted molar refractivity (Wildman–Crippen MR) is 112 cm³/mol. The minimum Gasteiger partial charge on any atom is -0.459 e. The molecule has 3 heterocycles. The van der Waals surface area contributed by atoms with E-state index in [4.69, 9.17) is 9.47 Å². The number of nitrogens with one attached hydrogen (secondary N) is 2. The fourth-order valence-corrected chi connectivity index (χ4v) is 4.28. The highest BCUT2D eigenvalue weighted by Crippen LogP contribution is 2.20. The van der Waals surface area contributed by atoms with Crippen LogP contribution in [0.15, 0.2) is 24.3 Å². The van der Waals surface area contributed by atoms with Gasteiger partial charge >= 0.3 is 11.9 Å². The number of rotatable bonds is 2. The number of fused-ring (bicyclic) bond motifs is 4. The lowest BCUT2D eigenvalue weighted by molar-refractivity contribution is 0.0457. The third kappa shape index (κ3) is 5.25.